The summed E-state index contributed by atoms with van der Waals surface area (Å²) in [6, 6.07) is 0. The van der Waals surface area contributed by atoms with Gasteiger partial charge >= 0.3 is 5.97 Å². The van der Waals surface area contributed by atoms with E-state index in [9.17, 15) is 4.79 Å². The van der Waals surface area contributed by atoms with Crippen LogP contribution in [0.1, 0.15) is 58.8 Å². The third kappa shape index (κ3) is 2.73. The summed E-state index contributed by atoms with van der Waals surface area (Å²) in [6.07, 6.45) is 8.31. The molecule has 1 fully saturated rings. The highest BCUT2D eigenvalue weighted by atomic mass is 16.5. The summed E-state index contributed by atoms with van der Waals surface area (Å²) in [5, 5.41) is 0. The van der Waals surface area contributed by atoms with Crippen molar-refractivity contribution in [2.45, 2.75) is 58.8 Å². The molecule has 0 aromatic carbocycles. The molecule has 2 nitrogen and oxygen atoms in total. The molecule has 1 aliphatic rings. The smallest absolute Gasteiger partial charge is 0.311 e. The van der Waals surface area contributed by atoms with Crippen LogP contribution in [0.4, 0.5) is 0 Å². The predicted molar refractivity (Wildman–Crippen MR) is 61.6 cm³/mol. The van der Waals surface area contributed by atoms with Gasteiger partial charge in [-0.1, -0.05) is 32.6 Å². The van der Waals surface area contributed by atoms with E-state index in [-0.39, 0.29) is 11.4 Å². The summed E-state index contributed by atoms with van der Waals surface area (Å²) in [5.41, 5.74) is -0.232. The maximum Gasteiger partial charge on any atom is 0.311 e. The largest absolute Gasteiger partial charge is 0.469 e. The molecular weight excluding hydrogens is 188 g/mol. The summed E-state index contributed by atoms with van der Waals surface area (Å²) in [5.74, 6) is 0.537. The van der Waals surface area contributed by atoms with Crippen LogP contribution in [0, 0.1) is 11.3 Å². The van der Waals surface area contributed by atoms with Crippen molar-refractivity contribution >= 4 is 5.97 Å². The number of rotatable bonds is 4. The van der Waals surface area contributed by atoms with Gasteiger partial charge in [0.15, 0.2) is 0 Å². The van der Waals surface area contributed by atoms with E-state index < -0.39 is 0 Å². The SMILES string of the molecule is CCCC(C)(C(=O)OC)C1CCCCC1. The van der Waals surface area contributed by atoms with Gasteiger partial charge in [-0.2, -0.15) is 0 Å². The number of ether oxygens (including phenoxy) is 1. The average molecular weight is 212 g/mol. The second-order valence-corrected chi connectivity index (χ2v) is 4.99. The monoisotopic (exact) mass is 212 g/mol. The lowest BCUT2D eigenvalue weighted by atomic mass is 9.67. The van der Waals surface area contributed by atoms with Crippen molar-refractivity contribution in [2.75, 3.05) is 7.11 Å². The van der Waals surface area contributed by atoms with Crippen molar-refractivity contribution in [2.24, 2.45) is 11.3 Å². The van der Waals surface area contributed by atoms with E-state index in [0.29, 0.717) is 5.92 Å². The van der Waals surface area contributed by atoms with E-state index >= 15 is 0 Å². The minimum absolute atomic E-state index is 0.00347. The predicted octanol–water partition coefficient (Wildman–Crippen LogP) is 3.55. The van der Waals surface area contributed by atoms with Gasteiger partial charge in [-0.05, 0) is 32.1 Å². The van der Waals surface area contributed by atoms with E-state index in [4.69, 9.17) is 4.74 Å². The molecular formula is C13H24O2. The highest BCUT2D eigenvalue weighted by Crippen LogP contribution is 2.42. The van der Waals surface area contributed by atoms with Crippen molar-refractivity contribution in [1.29, 1.82) is 0 Å². The van der Waals surface area contributed by atoms with Gasteiger partial charge in [0.05, 0.1) is 12.5 Å². The standard InChI is InChI=1S/C13H24O2/c1-4-10-13(2,12(14)15-3)11-8-6-5-7-9-11/h11H,4-10H2,1-3H3. The lowest BCUT2D eigenvalue weighted by Crippen LogP contribution is -2.38. The van der Waals surface area contributed by atoms with Crippen LogP contribution < -0.4 is 0 Å². The van der Waals surface area contributed by atoms with Crippen molar-refractivity contribution in [3.05, 3.63) is 0 Å². The van der Waals surface area contributed by atoms with Crippen LogP contribution in [0.5, 0.6) is 0 Å². The molecule has 0 heterocycles. The summed E-state index contributed by atoms with van der Waals surface area (Å²) in [6.45, 7) is 4.24. The first kappa shape index (κ1) is 12.5. The number of hydrogen-bond acceptors (Lipinski definition) is 2. The molecule has 15 heavy (non-hydrogen) atoms. The number of esters is 1. The van der Waals surface area contributed by atoms with Crippen LogP contribution in [0.2, 0.25) is 0 Å². The van der Waals surface area contributed by atoms with Crippen LogP contribution in [0.15, 0.2) is 0 Å². The summed E-state index contributed by atoms with van der Waals surface area (Å²) in [7, 11) is 1.51. The van der Waals surface area contributed by atoms with Crippen molar-refractivity contribution in [3.8, 4) is 0 Å². The Bertz CT molecular complexity index is 207. The van der Waals surface area contributed by atoms with Crippen LogP contribution in [-0.4, -0.2) is 13.1 Å². The Balaban J connectivity index is 2.73. The molecule has 1 aliphatic carbocycles. The van der Waals surface area contributed by atoms with Crippen LogP contribution in [0.3, 0.4) is 0 Å². The number of methoxy groups -OCH3 is 1. The van der Waals surface area contributed by atoms with Gasteiger partial charge in [-0.3, -0.25) is 4.79 Å². The first-order chi connectivity index (χ1) is 7.15. The van der Waals surface area contributed by atoms with Gasteiger partial charge in [0.1, 0.15) is 0 Å². The third-order valence-electron chi connectivity index (χ3n) is 3.93. The Morgan fingerprint density at radius 2 is 1.93 bits per heavy atom. The molecule has 2 heteroatoms. The zero-order valence-corrected chi connectivity index (χ0v) is 10.3. The van der Waals surface area contributed by atoms with Crippen molar-refractivity contribution in [3.63, 3.8) is 0 Å². The Morgan fingerprint density at radius 1 is 1.33 bits per heavy atom. The minimum atomic E-state index is -0.232. The zero-order chi connectivity index (χ0) is 11.3. The fourth-order valence-electron chi connectivity index (χ4n) is 2.97. The molecule has 0 saturated heterocycles. The topological polar surface area (TPSA) is 26.3 Å². The van der Waals surface area contributed by atoms with Gasteiger partial charge < -0.3 is 4.74 Å². The Labute approximate surface area is 93.4 Å². The summed E-state index contributed by atoms with van der Waals surface area (Å²) in [4.78, 5) is 11.9. The highest BCUT2D eigenvalue weighted by Gasteiger charge is 2.41. The lowest BCUT2D eigenvalue weighted by molar-refractivity contribution is -0.156. The molecule has 0 bridgehead atoms. The maximum absolute atomic E-state index is 11.9. The molecule has 0 radical (unpaired) electrons. The molecule has 0 spiro atoms. The molecule has 0 aliphatic heterocycles. The maximum atomic E-state index is 11.9. The summed E-state index contributed by atoms with van der Waals surface area (Å²) < 4.78 is 4.98. The molecule has 1 saturated carbocycles. The minimum Gasteiger partial charge on any atom is -0.469 e. The zero-order valence-electron chi connectivity index (χ0n) is 10.3. The number of hydrogen-bond donors (Lipinski definition) is 0. The van der Waals surface area contributed by atoms with Crippen molar-refractivity contribution in [1.82, 2.24) is 0 Å². The first-order valence-corrected chi connectivity index (χ1v) is 6.23. The van der Waals surface area contributed by atoms with Gasteiger partial charge in [-0.15, -0.1) is 0 Å². The molecule has 1 rings (SSSR count). The van der Waals surface area contributed by atoms with E-state index in [0.717, 1.165) is 12.8 Å². The fraction of sp³-hybridized carbons (Fsp3) is 0.923. The molecule has 88 valence electrons. The van der Waals surface area contributed by atoms with Gasteiger partial charge in [0, 0.05) is 0 Å². The third-order valence-corrected chi connectivity index (χ3v) is 3.93. The molecule has 0 aromatic heterocycles. The second-order valence-electron chi connectivity index (χ2n) is 4.99. The Morgan fingerprint density at radius 3 is 2.40 bits per heavy atom. The van der Waals surface area contributed by atoms with Gasteiger partial charge in [0.25, 0.3) is 0 Å². The van der Waals surface area contributed by atoms with E-state index in [2.05, 4.69) is 13.8 Å². The normalized spacial score (nSPS) is 22.1. The van der Waals surface area contributed by atoms with E-state index in [1.165, 1.54) is 39.2 Å². The molecule has 1 atom stereocenters. The van der Waals surface area contributed by atoms with E-state index in [1.54, 1.807) is 0 Å². The first-order valence-electron chi connectivity index (χ1n) is 6.23. The number of carbonyl (C=O) groups excluding carboxylic acids is 1. The highest BCUT2D eigenvalue weighted by molar-refractivity contribution is 5.76. The average Bonchev–Trinajstić information content (AvgIpc) is 2.29. The molecule has 0 N–H and O–H groups in total. The summed E-state index contributed by atoms with van der Waals surface area (Å²) >= 11 is 0. The van der Waals surface area contributed by atoms with Crippen LogP contribution in [-0.2, 0) is 9.53 Å². The lowest BCUT2D eigenvalue weighted by Gasteiger charge is -2.37. The van der Waals surface area contributed by atoms with Crippen LogP contribution >= 0.6 is 0 Å². The molecule has 1 unspecified atom stereocenters. The van der Waals surface area contributed by atoms with Gasteiger partial charge in [0.2, 0.25) is 0 Å². The fourth-order valence-corrected chi connectivity index (χ4v) is 2.97. The van der Waals surface area contributed by atoms with Gasteiger partial charge in [-0.25, -0.2) is 0 Å². The van der Waals surface area contributed by atoms with Crippen molar-refractivity contribution < 1.29 is 9.53 Å². The molecule has 0 amide bonds. The Hall–Kier alpha value is -0.530. The second kappa shape index (κ2) is 5.53. The Kier molecular flexibility index (Phi) is 4.62. The van der Waals surface area contributed by atoms with E-state index in [1.807, 2.05) is 0 Å². The van der Waals surface area contributed by atoms with Crippen LogP contribution in [0.25, 0.3) is 0 Å². The number of carbonyl (C=O) groups is 1. The quantitative estimate of drug-likeness (QED) is 0.666. The molecule has 0 aromatic rings.